The van der Waals surface area contributed by atoms with E-state index in [9.17, 15) is 5.11 Å². The molecule has 3 heteroatoms. The molecular weight excluding hydrogens is 248 g/mol. The third-order valence-electron chi connectivity index (χ3n) is 3.98. The van der Waals surface area contributed by atoms with E-state index in [1.807, 2.05) is 12.1 Å². The van der Waals surface area contributed by atoms with Gasteiger partial charge in [0.1, 0.15) is 12.3 Å². The van der Waals surface area contributed by atoms with Gasteiger partial charge < -0.3 is 14.9 Å². The molecule has 0 amide bonds. The van der Waals surface area contributed by atoms with Crippen molar-refractivity contribution < 1.29 is 10.0 Å². The van der Waals surface area contributed by atoms with Crippen molar-refractivity contribution in [1.82, 2.24) is 0 Å². The molecule has 0 spiro atoms. The summed E-state index contributed by atoms with van der Waals surface area (Å²) in [6, 6.07) is 18.2. The van der Waals surface area contributed by atoms with Crippen LogP contribution in [-0.2, 0) is 6.54 Å². The number of hydrogen-bond donors (Lipinski definition) is 2. The number of hydrogen-bond acceptors (Lipinski definition) is 2. The lowest BCUT2D eigenvalue weighted by Crippen LogP contribution is -3.13. The molecule has 3 rings (SSSR count). The molecule has 104 valence electrons. The molecule has 3 nitrogen and oxygen atoms in total. The Balaban J connectivity index is 1.55. The summed E-state index contributed by atoms with van der Waals surface area (Å²) in [5.41, 5.74) is 2.63. The second kappa shape index (κ2) is 5.97. The van der Waals surface area contributed by atoms with Crippen molar-refractivity contribution in [3.8, 4) is 5.75 Å². The van der Waals surface area contributed by atoms with Crippen LogP contribution < -0.4 is 9.80 Å². The molecule has 2 aromatic carbocycles. The van der Waals surface area contributed by atoms with Crippen molar-refractivity contribution in [2.45, 2.75) is 6.54 Å². The maximum atomic E-state index is 9.31. The van der Waals surface area contributed by atoms with Crippen molar-refractivity contribution in [2.24, 2.45) is 0 Å². The molecule has 0 saturated carbocycles. The number of piperazine rings is 1. The summed E-state index contributed by atoms with van der Waals surface area (Å²) < 4.78 is 0. The highest BCUT2D eigenvalue weighted by molar-refractivity contribution is 5.46. The number of anilines is 1. The summed E-state index contributed by atoms with van der Waals surface area (Å²) in [7, 11) is 0. The predicted octanol–water partition coefficient (Wildman–Crippen LogP) is 1.30. The van der Waals surface area contributed by atoms with Gasteiger partial charge in [-0.3, -0.25) is 0 Å². The first-order valence-corrected chi connectivity index (χ1v) is 7.23. The normalized spacial score (nSPS) is 16.3. The van der Waals surface area contributed by atoms with Gasteiger partial charge in [-0.2, -0.15) is 0 Å². The van der Waals surface area contributed by atoms with Crippen LogP contribution in [0.2, 0.25) is 0 Å². The molecule has 0 atom stereocenters. The Kier molecular flexibility index (Phi) is 3.88. The number of phenols is 1. The summed E-state index contributed by atoms with van der Waals surface area (Å²) in [6.45, 7) is 5.59. The molecular formula is C17H21N2O+. The molecule has 20 heavy (non-hydrogen) atoms. The monoisotopic (exact) mass is 269 g/mol. The molecule has 2 aromatic rings. The van der Waals surface area contributed by atoms with Crippen LogP contribution in [0.15, 0.2) is 54.6 Å². The molecule has 1 fully saturated rings. The largest absolute Gasteiger partial charge is 0.508 e. The van der Waals surface area contributed by atoms with Crippen molar-refractivity contribution in [3.05, 3.63) is 60.2 Å². The first-order valence-electron chi connectivity index (χ1n) is 7.23. The zero-order valence-corrected chi connectivity index (χ0v) is 11.6. The average Bonchev–Trinajstić information content (AvgIpc) is 2.51. The van der Waals surface area contributed by atoms with E-state index in [4.69, 9.17) is 0 Å². The number of nitrogens with zero attached hydrogens (tertiary/aromatic N) is 1. The molecule has 0 aromatic heterocycles. The van der Waals surface area contributed by atoms with Crippen LogP contribution >= 0.6 is 0 Å². The van der Waals surface area contributed by atoms with Crippen molar-refractivity contribution in [2.75, 3.05) is 31.1 Å². The van der Waals surface area contributed by atoms with Crippen molar-refractivity contribution in [1.29, 1.82) is 0 Å². The Hall–Kier alpha value is -2.00. The number of quaternary nitrogens is 1. The van der Waals surface area contributed by atoms with Crippen molar-refractivity contribution in [3.63, 3.8) is 0 Å². The minimum Gasteiger partial charge on any atom is -0.508 e. The van der Waals surface area contributed by atoms with Gasteiger partial charge in [0.05, 0.1) is 26.2 Å². The van der Waals surface area contributed by atoms with Crippen LogP contribution in [0, 0.1) is 0 Å². The van der Waals surface area contributed by atoms with Crippen molar-refractivity contribution >= 4 is 5.69 Å². The highest BCUT2D eigenvalue weighted by Gasteiger charge is 2.19. The minimum absolute atomic E-state index is 0.345. The first kappa shape index (κ1) is 13.0. The van der Waals surface area contributed by atoms with E-state index in [1.54, 1.807) is 17.0 Å². The van der Waals surface area contributed by atoms with E-state index in [0.29, 0.717) is 5.75 Å². The number of aromatic hydroxyl groups is 1. The fourth-order valence-corrected chi connectivity index (χ4v) is 2.80. The summed E-state index contributed by atoms with van der Waals surface area (Å²) in [5, 5.41) is 9.31. The Labute approximate surface area is 120 Å². The Bertz CT molecular complexity index is 531. The fraction of sp³-hybridized carbons (Fsp3) is 0.294. The lowest BCUT2D eigenvalue weighted by atomic mass is 10.2. The lowest BCUT2D eigenvalue weighted by Gasteiger charge is -2.33. The van der Waals surface area contributed by atoms with E-state index in [-0.39, 0.29) is 0 Å². The van der Waals surface area contributed by atoms with Crippen LogP contribution in [0.3, 0.4) is 0 Å². The van der Waals surface area contributed by atoms with E-state index in [0.717, 1.165) is 32.7 Å². The third kappa shape index (κ3) is 3.11. The zero-order valence-electron chi connectivity index (χ0n) is 11.6. The van der Waals surface area contributed by atoms with Crippen LogP contribution in [0.5, 0.6) is 5.75 Å². The minimum atomic E-state index is 0.345. The lowest BCUT2D eigenvalue weighted by molar-refractivity contribution is -0.914. The van der Waals surface area contributed by atoms with Gasteiger partial charge >= 0.3 is 0 Å². The second-order valence-corrected chi connectivity index (χ2v) is 5.42. The highest BCUT2D eigenvalue weighted by Crippen LogP contribution is 2.13. The Morgan fingerprint density at radius 3 is 2.20 bits per heavy atom. The molecule has 2 N–H and O–H groups in total. The molecule has 1 aliphatic heterocycles. The van der Waals surface area contributed by atoms with Gasteiger partial charge in [-0.1, -0.05) is 18.2 Å². The fourth-order valence-electron chi connectivity index (χ4n) is 2.80. The number of para-hydroxylation sites is 1. The number of rotatable bonds is 3. The van der Waals surface area contributed by atoms with Crippen LogP contribution in [0.25, 0.3) is 0 Å². The standard InChI is InChI=1S/C17H20N2O/c20-17-8-6-15(7-9-17)14-18-10-12-19(13-11-18)16-4-2-1-3-5-16/h1-9,20H,10-14H2/p+1. The van der Waals surface area contributed by atoms with E-state index in [1.165, 1.54) is 11.3 Å². The van der Waals surface area contributed by atoms with E-state index < -0.39 is 0 Å². The Morgan fingerprint density at radius 2 is 1.55 bits per heavy atom. The van der Waals surface area contributed by atoms with Crippen LogP contribution in [-0.4, -0.2) is 31.3 Å². The Morgan fingerprint density at radius 1 is 0.900 bits per heavy atom. The summed E-state index contributed by atoms with van der Waals surface area (Å²) in [6.07, 6.45) is 0. The zero-order chi connectivity index (χ0) is 13.8. The number of benzene rings is 2. The van der Waals surface area contributed by atoms with E-state index >= 15 is 0 Å². The third-order valence-corrected chi connectivity index (χ3v) is 3.98. The quantitative estimate of drug-likeness (QED) is 0.879. The van der Waals surface area contributed by atoms with Crippen LogP contribution in [0.1, 0.15) is 5.56 Å². The first-order chi connectivity index (χ1) is 9.81. The smallest absolute Gasteiger partial charge is 0.115 e. The van der Waals surface area contributed by atoms with Gasteiger partial charge in [0.25, 0.3) is 0 Å². The summed E-state index contributed by atoms with van der Waals surface area (Å²) in [5.74, 6) is 0.345. The molecule has 1 aliphatic rings. The SMILES string of the molecule is Oc1ccc(C[NH+]2CCN(c3ccccc3)CC2)cc1. The van der Waals surface area contributed by atoms with Gasteiger partial charge in [-0.15, -0.1) is 0 Å². The molecule has 0 radical (unpaired) electrons. The van der Waals surface area contributed by atoms with Gasteiger partial charge in [-0.05, 0) is 36.4 Å². The average molecular weight is 269 g/mol. The van der Waals surface area contributed by atoms with Gasteiger partial charge in [0, 0.05) is 11.3 Å². The summed E-state index contributed by atoms with van der Waals surface area (Å²) >= 11 is 0. The highest BCUT2D eigenvalue weighted by atomic mass is 16.3. The number of nitrogens with one attached hydrogen (secondary N) is 1. The second-order valence-electron chi connectivity index (χ2n) is 5.42. The number of phenolic OH excluding ortho intramolecular Hbond substituents is 1. The van der Waals surface area contributed by atoms with Gasteiger partial charge in [0.15, 0.2) is 0 Å². The van der Waals surface area contributed by atoms with Gasteiger partial charge in [-0.25, -0.2) is 0 Å². The van der Waals surface area contributed by atoms with Crippen LogP contribution in [0.4, 0.5) is 5.69 Å². The maximum Gasteiger partial charge on any atom is 0.115 e. The summed E-state index contributed by atoms with van der Waals surface area (Å²) in [4.78, 5) is 4.07. The maximum absolute atomic E-state index is 9.31. The molecule has 0 bridgehead atoms. The molecule has 0 aliphatic carbocycles. The predicted molar refractivity (Wildman–Crippen MR) is 81.2 cm³/mol. The van der Waals surface area contributed by atoms with E-state index in [2.05, 4.69) is 35.2 Å². The van der Waals surface area contributed by atoms with Gasteiger partial charge in [0.2, 0.25) is 0 Å². The molecule has 0 unspecified atom stereocenters. The molecule has 1 saturated heterocycles. The topological polar surface area (TPSA) is 27.9 Å². The molecule has 1 heterocycles.